The van der Waals surface area contributed by atoms with Crippen LogP contribution in [0.25, 0.3) is 0 Å². The molecule has 2 saturated carbocycles. The van der Waals surface area contributed by atoms with Crippen LogP contribution < -0.4 is 0 Å². The Morgan fingerprint density at radius 3 is 2.28 bits per heavy atom. The van der Waals surface area contributed by atoms with Gasteiger partial charge >= 0.3 is 0 Å². The minimum absolute atomic E-state index is 0.0305. The lowest BCUT2D eigenvalue weighted by atomic mass is 9.66. The van der Waals surface area contributed by atoms with Crippen molar-refractivity contribution in [1.29, 1.82) is 0 Å². The first kappa shape index (κ1) is 23.0. The molecule has 0 aromatic carbocycles. The van der Waals surface area contributed by atoms with Gasteiger partial charge in [-0.15, -0.1) is 0 Å². The molecule has 29 heavy (non-hydrogen) atoms. The number of oxime groups is 1. The second-order valence-corrected chi connectivity index (χ2v) is 12.4. The lowest BCUT2D eigenvalue weighted by Crippen LogP contribution is -2.56. The average molecular weight is 428 g/mol. The minimum atomic E-state index is -3.42. The van der Waals surface area contributed by atoms with Crippen molar-refractivity contribution in [2.75, 3.05) is 31.9 Å². The highest BCUT2D eigenvalue weighted by molar-refractivity contribution is 7.89. The predicted octanol–water partition coefficient (Wildman–Crippen LogP) is 3.81. The highest BCUT2D eigenvalue weighted by Crippen LogP contribution is 2.56. The molecule has 3 fully saturated rings. The molecule has 7 heteroatoms. The van der Waals surface area contributed by atoms with E-state index >= 15 is 0 Å². The molecule has 168 valence electrons. The number of nitrogens with zero attached hydrogens (tertiary/aromatic N) is 3. The van der Waals surface area contributed by atoms with E-state index in [0.717, 1.165) is 19.5 Å². The Kier molecular flexibility index (Phi) is 6.72. The van der Waals surface area contributed by atoms with E-state index in [4.69, 9.17) is 0 Å². The van der Waals surface area contributed by atoms with Crippen molar-refractivity contribution in [2.24, 2.45) is 27.8 Å². The van der Waals surface area contributed by atoms with Crippen LogP contribution in [0.5, 0.6) is 0 Å². The molecular formula is C22H41N3O3S. The van der Waals surface area contributed by atoms with Crippen LogP contribution in [0.1, 0.15) is 73.1 Å². The topological polar surface area (TPSA) is 73.2 Å². The summed E-state index contributed by atoms with van der Waals surface area (Å²) in [5, 5.41) is 13.2. The van der Waals surface area contributed by atoms with Crippen molar-refractivity contribution in [3.8, 4) is 0 Å². The zero-order chi connectivity index (χ0) is 21.4. The molecule has 0 radical (unpaired) electrons. The zero-order valence-corrected chi connectivity index (χ0v) is 19.8. The third-order valence-corrected chi connectivity index (χ3v) is 10.9. The Bertz CT molecular complexity index is 713. The summed E-state index contributed by atoms with van der Waals surface area (Å²) in [5.74, 6) is 1.07. The lowest BCUT2D eigenvalue weighted by molar-refractivity contribution is 0.0775. The van der Waals surface area contributed by atoms with Crippen LogP contribution in [0.3, 0.4) is 0 Å². The molecule has 1 N–H and O–H groups in total. The second-order valence-electron chi connectivity index (χ2n) is 10.4. The van der Waals surface area contributed by atoms with E-state index in [2.05, 4.69) is 37.8 Å². The summed E-state index contributed by atoms with van der Waals surface area (Å²) in [6, 6.07) is 0.610. The summed E-state index contributed by atoms with van der Waals surface area (Å²) in [7, 11) is -3.42. The van der Waals surface area contributed by atoms with E-state index in [9.17, 15) is 13.6 Å². The third kappa shape index (κ3) is 4.11. The van der Waals surface area contributed by atoms with Gasteiger partial charge in [-0.25, -0.2) is 8.42 Å². The van der Waals surface area contributed by atoms with Gasteiger partial charge < -0.3 is 5.21 Å². The molecule has 0 bridgehead atoms. The molecule has 4 atom stereocenters. The standard InChI is InChI=1S/C22H41N3O3S/c1-6-18-15-20(23-26)22(5,21(18,3)4)16-29(27,28)25-13-11-24(12-14-25)19-10-8-7-9-17(19)2/h17-19,26H,6-16H2,1-5H3/b23-20+. The first-order chi connectivity index (χ1) is 13.6. The summed E-state index contributed by atoms with van der Waals surface area (Å²) < 4.78 is 28.5. The van der Waals surface area contributed by atoms with Crippen molar-refractivity contribution in [3.05, 3.63) is 0 Å². The highest BCUT2D eigenvalue weighted by atomic mass is 32.2. The molecule has 2 aliphatic carbocycles. The number of hydrogen-bond acceptors (Lipinski definition) is 5. The van der Waals surface area contributed by atoms with Crippen molar-refractivity contribution in [2.45, 2.75) is 79.2 Å². The molecule has 3 aliphatic rings. The molecule has 6 nitrogen and oxygen atoms in total. The zero-order valence-electron chi connectivity index (χ0n) is 19.0. The van der Waals surface area contributed by atoms with Crippen LogP contribution >= 0.6 is 0 Å². The van der Waals surface area contributed by atoms with Gasteiger partial charge in [0.25, 0.3) is 0 Å². The summed E-state index contributed by atoms with van der Waals surface area (Å²) in [6.07, 6.45) is 6.80. The normalized spacial score (nSPS) is 38.5. The van der Waals surface area contributed by atoms with Gasteiger partial charge in [0, 0.05) is 37.6 Å². The fourth-order valence-electron chi connectivity index (χ4n) is 6.22. The molecule has 1 heterocycles. The summed E-state index contributed by atoms with van der Waals surface area (Å²) in [4.78, 5) is 2.52. The van der Waals surface area contributed by atoms with E-state index in [-0.39, 0.29) is 11.2 Å². The maximum absolute atomic E-state index is 13.4. The van der Waals surface area contributed by atoms with E-state index in [1.807, 2.05) is 6.92 Å². The van der Waals surface area contributed by atoms with E-state index in [1.54, 1.807) is 4.31 Å². The van der Waals surface area contributed by atoms with E-state index in [1.165, 1.54) is 25.7 Å². The number of rotatable bonds is 5. The number of hydrogen-bond donors (Lipinski definition) is 1. The van der Waals surface area contributed by atoms with Crippen molar-refractivity contribution < 1.29 is 13.6 Å². The first-order valence-electron chi connectivity index (χ1n) is 11.5. The summed E-state index contributed by atoms with van der Waals surface area (Å²) in [5.41, 5.74) is -0.223. The van der Waals surface area contributed by atoms with Crippen molar-refractivity contribution >= 4 is 15.7 Å². The van der Waals surface area contributed by atoms with Gasteiger partial charge in [-0.05, 0) is 36.5 Å². The van der Waals surface area contributed by atoms with Gasteiger partial charge in [0.05, 0.1) is 11.5 Å². The van der Waals surface area contributed by atoms with Gasteiger partial charge in [-0.1, -0.05) is 59.0 Å². The fourth-order valence-corrected chi connectivity index (χ4v) is 8.39. The van der Waals surface area contributed by atoms with Crippen LogP contribution in [-0.2, 0) is 10.0 Å². The Labute approximate surface area is 177 Å². The fraction of sp³-hybridized carbons (Fsp3) is 0.955. The third-order valence-electron chi connectivity index (χ3n) is 8.81. The van der Waals surface area contributed by atoms with Gasteiger partial charge in [0.15, 0.2) is 0 Å². The van der Waals surface area contributed by atoms with Crippen LogP contribution in [0, 0.1) is 22.7 Å². The molecule has 0 aromatic rings. The predicted molar refractivity (Wildman–Crippen MR) is 118 cm³/mol. The van der Waals surface area contributed by atoms with E-state index < -0.39 is 15.4 Å². The first-order valence-corrected chi connectivity index (χ1v) is 13.1. The van der Waals surface area contributed by atoms with Crippen LogP contribution in [0.2, 0.25) is 0 Å². The Morgan fingerprint density at radius 1 is 1.10 bits per heavy atom. The second kappa shape index (κ2) is 8.46. The van der Waals surface area contributed by atoms with Gasteiger partial charge in [0.1, 0.15) is 0 Å². The smallest absolute Gasteiger partial charge is 0.215 e. The van der Waals surface area contributed by atoms with Gasteiger partial charge in [0.2, 0.25) is 10.0 Å². The molecule has 1 saturated heterocycles. The summed E-state index contributed by atoms with van der Waals surface area (Å²) in [6.45, 7) is 13.5. The van der Waals surface area contributed by atoms with Gasteiger partial charge in [-0.3, -0.25) is 4.90 Å². The lowest BCUT2D eigenvalue weighted by Gasteiger charge is -2.45. The molecule has 4 unspecified atom stereocenters. The molecule has 0 amide bonds. The molecule has 1 aliphatic heterocycles. The largest absolute Gasteiger partial charge is 0.411 e. The molecular weight excluding hydrogens is 386 g/mol. The highest BCUT2D eigenvalue weighted by Gasteiger charge is 2.57. The Morgan fingerprint density at radius 2 is 1.72 bits per heavy atom. The SMILES string of the molecule is CCC1C/C(=N\O)C(C)(CS(=O)(=O)N2CCN(C3CCCCC3C)CC2)C1(C)C. The van der Waals surface area contributed by atoms with Crippen molar-refractivity contribution in [3.63, 3.8) is 0 Å². The monoisotopic (exact) mass is 427 g/mol. The molecule has 0 spiro atoms. The van der Waals surface area contributed by atoms with Gasteiger partial charge in [-0.2, -0.15) is 4.31 Å². The maximum atomic E-state index is 13.4. The Hall–Kier alpha value is -0.660. The summed E-state index contributed by atoms with van der Waals surface area (Å²) >= 11 is 0. The minimum Gasteiger partial charge on any atom is -0.411 e. The quantitative estimate of drug-likeness (QED) is 0.535. The van der Waals surface area contributed by atoms with E-state index in [0.29, 0.717) is 43.1 Å². The average Bonchev–Trinajstić information content (AvgIpc) is 2.87. The van der Waals surface area contributed by atoms with Crippen LogP contribution in [0.4, 0.5) is 0 Å². The maximum Gasteiger partial charge on any atom is 0.215 e. The Balaban J connectivity index is 1.70. The molecule has 3 rings (SSSR count). The number of piperazine rings is 1. The molecule has 0 aromatic heterocycles. The van der Waals surface area contributed by atoms with Crippen LogP contribution in [-0.4, -0.2) is 66.5 Å². The van der Waals surface area contributed by atoms with Crippen molar-refractivity contribution in [1.82, 2.24) is 9.21 Å². The number of sulfonamides is 1. The van der Waals surface area contributed by atoms with Crippen LogP contribution in [0.15, 0.2) is 5.16 Å².